The Labute approximate surface area is 117 Å². The number of rotatable bonds is 5. The predicted molar refractivity (Wildman–Crippen MR) is 77.3 cm³/mol. The second-order valence-electron chi connectivity index (χ2n) is 4.36. The Morgan fingerprint density at radius 3 is 2.58 bits per heavy atom. The Kier molecular flexibility index (Phi) is 4.71. The van der Waals surface area contributed by atoms with E-state index >= 15 is 0 Å². The molecule has 0 fully saturated rings. The van der Waals surface area contributed by atoms with E-state index in [1.807, 2.05) is 24.3 Å². The molecule has 0 radical (unpaired) electrons. The van der Waals surface area contributed by atoms with Gasteiger partial charge in [-0.25, -0.2) is 0 Å². The van der Waals surface area contributed by atoms with Crippen LogP contribution in [0.4, 0.5) is 0 Å². The van der Waals surface area contributed by atoms with Gasteiger partial charge in [0.25, 0.3) is 0 Å². The molecule has 2 aromatic rings. The first-order chi connectivity index (χ1) is 9.19. The third-order valence-corrected chi connectivity index (χ3v) is 3.97. The lowest BCUT2D eigenvalue weighted by Gasteiger charge is -2.06. The number of ether oxygens (including phenoxy) is 1. The number of nitrogens with two attached hydrogens (primary N) is 1. The lowest BCUT2D eigenvalue weighted by molar-refractivity contribution is -0.142. The molecule has 0 bridgehead atoms. The van der Waals surface area contributed by atoms with Gasteiger partial charge >= 0.3 is 5.97 Å². The molecule has 0 saturated carbocycles. The van der Waals surface area contributed by atoms with Crippen molar-refractivity contribution in [3.63, 3.8) is 0 Å². The molecule has 0 aliphatic heterocycles. The number of carbonyl (C=O) groups is 1. The standard InChI is InChI=1S/C15H17NO2S/c1-18-15(17)14(16)10-13-8-7-12(19-13)9-11-5-3-2-4-6-11/h2-8,14H,9-10,16H2,1H3. The molecule has 0 spiro atoms. The molecular formula is C15H17NO2S. The van der Waals surface area contributed by atoms with E-state index in [2.05, 4.69) is 22.9 Å². The first-order valence-electron chi connectivity index (χ1n) is 6.14. The van der Waals surface area contributed by atoms with Crippen molar-refractivity contribution in [1.82, 2.24) is 0 Å². The van der Waals surface area contributed by atoms with Gasteiger partial charge in [-0.15, -0.1) is 11.3 Å². The number of hydrogen-bond acceptors (Lipinski definition) is 4. The van der Waals surface area contributed by atoms with Crippen LogP contribution >= 0.6 is 11.3 Å². The van der Waals surface area contributed by atoms with Crippen LogP contribution in [0.3, 0.4) is 0 Å². The van der Waals surface area contributed by atoms with Crippen molar-refractivity contribution in [3.8, 4) is 0 Å². The van der Waals surface area contributed by atoms with E-state index in [1.165, 1.54) is 17.6 Å². The fourth-order valence-corrected chi connectivity index (χ4v) is 2.99. The molecule has 1 aromatic carbocycles. The molecule has 0 amide bonds. The van der Waals surface area contributed by atoms with E-state index < -0.39 is 6.04 Å². The molecule has 0 aliphatic rings. The van der Waals surface area contributed by atoms with Crippen molar-refractivity contribution in [1.29, 1.82) is 0 Å². The molecule has 19 heavy (non-hydrogen) atoms. The highest BCUT2D eigenvalue weighted by molar-refractivity contribution is 7.12. The maximum atomic E-state index is 11.3. The van der Waals surface area contributed by atoms with Gasteiger partial charge in [-0.3, -0.25) is 4.79 Å². The lowest BCUT2D eigenvalue weighted by Crippen LogP contribution is -2.33. The maximum Gasteiger partial charge on any atom is 0.323 e. The minimum absolute atomic E-state index is 0.363. The number of thiophene rings is 1. The molecule has 1 aromatic heterocycles. The largest absolute Gasteiger partial charge is 0.468 e. The topological polar surface area (TPSA) is 52.3 Å². The van der Waals surface area contributed by atoms with Crippen molar-refractivity contribution >= 4 is 17.3 Å². The third-order valence-electron chi connectivity index (χ3n) is 2.86. The second-order valence-corrected chi connectivity index (χ2v) is 5.62. The van der Waals surface area contributed by atoms with E-state index in [1.54, 1.807) is 11.3 Å². The van der Waals surface area contributed by atoms with E-state index in [-0.39, 0.29) is 5.97 Å². The number of benzene rings is 1. The van der Waals surface area contributed by atoms with Crippen LogP contribution in [0.5, 0.6) is 0 Å². The highest BCUT2D eigenvalue weighted by atomic mass is 32.1. The SMILES string of the molecule is COC(=O)C(N)Cc1ccc(Cc2ccccc2)s1. The molecule has 4 heteroatoms. The van der Waals surface area contributed by atoms with Crippen LogP contribution in [-0.2, 0) is 22.4 Å². The summed E-state index contributed by atoms with van der Waals surface area (Å²) in [7, 11) is 1.36. The molecular weight excluding hydrogens is 258 g/mol. The van der Waals surface area contributed by atoms with E-state index in [0.29, 0.717) is 6.42 Å². The van der Waals surface area contributed by atoms with Crippen LogP contribution in [0.2, 0.25) is 0 Å². The van der Waals surface area contributed by atoms with Crippen LogP contribution in [-0.4, -0.2) is 19.1 Å². The fourth-order valence-electron chi connectivity index (χ4n) is 1.88. The zero-order valence-corrected chi connectivity index (χ0v) is 11.7. The number of methoxy groups -OCH3 is 1. The molecule has 1 unspecified atom stereocenters. The van der Waals surface area contributed by atoms with Gasteiger partial charge in [0, 0.05) is 22.6 Å². The molecule has 100 valence electrons. The lowest BCUT2D eigenvalue weighted by atomic mass is 10.1. The number of carbonyl (C=O) groups excluding carboxylic acids is 1. The van der Waals surface area contributed by atoms with Crippen molar-refractivity contribution in [3.05, 3.63) is 57.8 Å². The molecule has 1 heterocycles. The monoisotopic (exact) mass is 275 g/mol. The Morgan fingerprint density at radius 2 is 1.89 bits per heavy atom. The molecule has 2 N–H and O–H groups in total. The van der Waals surface area contributed by atoms with E-state index in [4.69, 9.17) is 5.73 Å². The average molecular weight is 275 g/mol. The van der Waals surface area contributed by atoms with Crippen LogP contribution in [0, 0.1) is 0 Å². The van der Waals surface area contributed by atoms with Gasteiger partial charge in [0.15, 0.2) is 0 Å². The first-order valence-corrected chi connectivity index (χ1v) is 6.95. The highest BCUT2D eigenvalue weighted by Crippen LogP contribution is 2.21. The summed E-state index contributed by atoms with van der Waals surface area (Å²) in [5, 5.41) is 0. The molecule has 3 nitrogen and oxygen atoms in total. The molecule has 1 atom stereocenters. The van der Waals surface area contributed by atoms with E-state index in [9.17, 15) is 4.79 Å². The van der Waals surface area contributed by atoms with Crippen LogP contribution < -0.4 is 5.73 Å². The summed E-state index contributed by atoms with van der Waals surface area (Å²) < 4.78 is 4.63. The Balaban J connectivity index is 1.98. The smallest absolute Gasteiger partial charge is 0.323 e. The molecule has 2 rings (SSSR count). The van der Waals surface area contributed by atoms with Crippen molar-refractivity contribution in [2.24, 2.45) is 5.73 Å². The summed E-state index contributed by atoms with van der Waals surface area (Å²) >= 11 is 1.70. The highest BCUT2D eigenvalue weighted by Gasteiger charge is 2.15. The van der Waals surface area contributed by atoms with Gasteiger partial charge in [-0.2, -0.15) is 0 Å². The van der Waals surface area contributed by atoms with Crippen LogP contribution in [0.25, 0.3) is 0 Å². The Hall–Kier alpha value is -1.65. The zero-order valence-electron chi connectivity index (χ0n) is 10.8. The summed E-state index contributed by atoms with van der Waals surface area (Å²) in [6, 6.07) is 13.9. The van der Waals surface area contributed by atoms with Gasteiger partial charge in [0.05, 0.1) is 7.11 Å². The summed E-state index contributed by atoms with van der Waals surface area (Å²) in [5.74, 6) is -0.363. The van der Waals surface area contributed by atoms with Gasteiger partial charge in [-0.1, -0.05) is 30.3 Å². The number of esters is 1. The summed E-state index contributed by atoms with van der Waals surface area (Å²) in [6.07, 6.45) is 1.45. The van der Waals surface area contributed by atoms with Gasteiger partial charge < -0.3 is 10.5 Å². The minimum atomic E-state index is -0.576. The fraction of sp³-hybridized carbons (Fsp3) is 0.267. The second kappa shape index (κ2) is 6.50. The van der Waals surface area contributed by atoms with Gasteiger partial charge in [0.2, 0.25) is 0 Å². The summed E-state index contributed by atoms with van der Waals surface area (Å²) in [4.78, 5) is 13.7. The average Bonchev–Trinajstić information content (AvgIpc) is 2.86. The minimum Gasteiger partial charge on any atom is -0.468 e. The maximum absolute atomic E-state index is 11.3. The van der Waals surface area contributed by atoms with Gasteiger partial charge in [0.1, 0.15) is 6.04 Å². The van der Waals surface area contributed by atoms with Crippen molar-refractivity contribution in [2.45, 2.75) is 18.9 Å². The zero-order chi connectivity index (χ0) is 13.7. The molecule has 0 saturated heterocycles. The number of hydrogen-bond donors (Lipinski definition) is 1. The third kappa shape index (κ3) is 3.91. The summed E-state index contributed by atoms with van der Waals surface area (Å²) in [6.45, 7) is 0. The van der Waals surface area contributed by atoms with Crippen molar-refractivity contribution < 1.29 is 9.53 Å². The summed E-state index contributed by atoms with van der Waals surface area (Å²) in [5.41, 5.74) is 7.04. The normalized spacial score (nSPS) is 12.1. The van der Waals surface area contributed by atoms with E-state index in [0.717, 1.165) is 11.3 Å². The van der Waals surface area contributed by atoms with Crippen LogP contribution in [0.1, 0.15) is 15.3 Å². The predicted octanol–water partition coefficient (Wildman–Crippen LogP) is 2.38. The Morgan fingerprint density at radius 1 is 1.21 bits per heavy atom. The molecule has 0 aliphatic carbocycles. The first kappa shape index (κ1) is 13.8. The van der Waals surface area contributed by atoms with Crippen molar-refractivity contribution in [2.75, 3.05) is 7.11 Å². The quantitative estimate of drug-likeness (QED) is 0.852. The van der Waals surface area contributed by atoms with Crippen LogP contribution in [0.15, 0.2) is 42.5 Å². The Bertz CT molecular complexity index is 536. The van der Waals surface area contributed by atoms with Gasteiger partial charge in [-0.05, 0) is 17.7 Å².